The number of imidazole rings is 1. The molecule has 0 aliphatic carbocycles. The molecule has 2 saturated heterocycles. The minimum absolute atomic E-state index is 0.0275. The Morgan fingerprint density at radius 2 is 1.75 bits per heavy atom. The monoisotopic (exact) mass is 810 g/mol. The van der Waals surface area contributed by atoms with Gasteiger partial charge in [0.05, 0.1) is 41.4 Å². The van der Waals surface area contributed by atoms with Gasteiger partial charge in [-0.1, -0.05) is 24.3 Å². The van der Waals surface area contributed by atoms with Gasteiger partial charge in [0.1, 0.15) is 23.3 Å². The zero-order chi connectivity index (χ0) is 41.5. The number of benzene rings is 2. The van der Waals surface area contributed by atoms with Crippen LogP contribution in [-0.2, 0) is 32.2 Å². The van der Waals surface area contributed by atoms with Crippen molar-refractivity contribution in [2.45, 2.75) is 64.1 Å². The second kappa shape index (κ2) is 16.1. The summed E-state index contributed by atoms with van der Waals surface area (Å²) in [5.41, 5.74) is 4.73. The number of amides is 6. The number of hydrogen-bond donors (Lipinski definition) is 2. The number of pyridine rings is 2. The van der Waals surface area contributed by atoms with Gasteiger partial charge in [0, 0.05) is 81.0 Å². The van der Waals surface area contributed by atoms with Crippen LogP contribution in [0.3, 0.4) is 0 Å². The van der Waals surface area contributed by atoms with E-state index in [1.54, 1.807) is 37.4 Å². The molecule has 7 heterocycles. The molecule has 6 amide bonds. The average molecular weight is 811 g/mol. The smallest absolute Gasteiger partial charge is 0.269 e. The molecule has 9 rings (SSSR count). The van der Waals surface area contributed by atoms with Gasteiger partial charge >= 0.3 is 0 Å². The van der Waals surface area contributed by atoms with Crippen molar-refractivity contribution in [3.63, 3.8) is 0 Å². The number of fused-ring (bicyclic) bond motifs is 3. The number of nitrogens with zero attached hydrogens (tertiary/aromatic N) is 6. The molecule has 1 unspecified atom stereocenters. The number of ether oxygens (including phenoxy) is 2. The van der Waals surface area contributed by atoms with Crippen molar-refractivity contribution in [1.29, 1.82) is 0 Å². The second-order valence-corrected chi connectivity index (χ2v) is 15.4. The molecule has 4 aliphatic heterocycles. The normalized spacial score (nSPS) is 18.1. The molecule has 306 valence electrons. The number of carbonyl (C=O) groups is 6. The molecule has 0 spiro atoms. The summed E-state index contributed by atoms with van der Waals surface area (Å²) in [6, 6.07) is 15.1. The number of carbonyl (C=O) groups excluding carboxylic acids is 6. The first-order chi connectivity index (χ1) is 29.2. The van der Waals surface area contributed by atoms with Crippen molar-refractivity contribution >= 4 is 46.2 Å². The van der Waals surface area contributed by atoms with Gasteiger partial charge < -0.3 is 24.3 Å². The maximum atomic E-state index is 13.3. The van der Waals surface area contributed by atoms with E-state index in [4.69, 9.17) is 19.4 Å². The van der Waals surface area contributed by atoms with Gasteiger partial charge in [0.25, 0.3) is 17.7 Å². The Morgan fingerprint density at radius 1 is 0.933 bits per heavy atom. The van der Waals surface area contributed by atoms with E-state index in [0.717, 1.165) is 56.9 Å². The lowest BCUT2D eigenvalue weighted by Gasteiger charge is -2.30. The van der Waals surface area contributed by atoms with Crippen LogP contribution in [0, 0.1) is 0 Å². The number of imide groups is 2. The molecule has 3 aromatic heterocycles. The standard InChI is InChI=1S/C44H42N8O8/c1-25(53)50-16-17-51-35(24-50)39(49-40(51)26-13-19-59-20-14-26)29-6-2-5-27-21-33(47-23-31(27)29)28-9-10-32(46-22-28)41(55)45-15-4-18-60-36-8-3-7-30-38(36)44(58)52(43(30)57)34-11-12-37(54)48-42(34)56/h2-3,5-10,21-23,26,34H,4,11-20,24H2,1H3,(H,45,55)(H,48,54,56). The fraction of sp³-hybridized carbons (Fsp3) is 0.341. The largest absolute Gasteiger partial charge is 0.493 e. The number of piperidine rings is 1. The summed E-state index contributed by atoms with van der Waals surface area (Å²) in [5, 5.41) is 6.94. The van der Waals surface area contributed by atoms with E-state index in [-0.39, 0.29) is 60.4 Å². The van der Waals surface area contributed by atoms with Crippen LogP contribution >= 0.6 is 0 Å². The Balaban J connectivity index is 0.838. The lowest BCUT2D eigenvalue weighted by atomic mass is 9.99. The van der Waals surface area contributed by atoms with Crippen LogP contribution in [0.15, 0.2) is 67.0 Å². The Hall–Kier alpha value is -6.81. The summed E-state index contributed by atoms with van der Waals surface area (Å²) in [6.07, 6.45) is 5.77. The highest BCUT2D eigenvalue weighted by Gasteiger charge is 2.46. The van der Waals surface area contributed by atoms with Crippen LogP contribution in [0.25, 0.3) is 33.3 Å². The highest BCUT2D eigenvalue weighted by atomic mass is 16.5. The van der Waals surface area contributed by atoms with E-state index in [1.165, 1.54) is 6.07 Å². The van der Waals surface area contributed by atoms with Crippen molar-refractivity contribution in [2.75, 3.05) is 32.9 Å². The van der Waals surface area contributed by atoms with Gasteiger partial charge in [-0.05, 0) is 61.4 Å². The van der Waals surface area contributed by atoms with E-state index >= 15 is 0 Å². The molecule has 16 heteroatoms. The second-order valence-electron chi connectivity index (χ2n) is 15.4. The highest BCUT2D eigenvalue weighted by molar-refractivity contribution is 6.24. The molecule has 60 heavy (non-hydrogen) atoms. The van der Waals surface area contributed by atoms with Crippen LogP contribution in [0.4, 0.5) is 0 Å². The summed E-state index contributed by atoms with van der Waals surface area (Å²) < 4.78 is 13.8. The fourth-order valence-electron chi connectivity index (χ4n) is 8.51. The molecule has 0 bridgehead atoms. The molecule has 4 aliphatic rings. The third kappa shape index (κ3) is 7.16. The topological polar surface area (TPSA) is 195 Å². The molecule has 16 nitrogen and oxygen atoms in total. The van der Waals surface area contributed by atoms with Crippen LogP contribution in [0.1, 0.15) is 87.7 Å². The van der Waals surface area contributed by atoms with E-state index in [1.807, 2.05) is 29.3 Å². The maximum absolute atomic E-state index is 13.3. The minimum atomic E-state index is -1.07. The molecule has 1 atom stereocenters. The van der Waals surface area contributed by atoms with Crippen molar-refractivity contribution in [2.24, 2.45) is 0 Å². The number of nitrogens with one attached hydrogen (secondary N) is 2. The fourth-order valence-corrected chi connectivity index (χ4v) is 8.51. The van der Waals surface area contributed by atoms with Gasteiger partial charge in [-0.3, -0.25) is 49.0 Å². The molecule has 0 radical (unpaired) electrons. The van der Waals surface area contributed by atoms with Gasteiger partial charge in [-0.25, -0.2) is 4.98 Å². The Morgan fingerprint density at radius 3 is 2.53 bits per heavy atom. The van der Waals surface area contributed by atoms with Crippen molar-refractivity contribution in [3.05, 3.63) is 95.3 Å². The first-order valence-corrected chi connectivity index (χ1v) is 20.2. The molecular formula is C44H42N8O8. The third-order valence-electron chi connectivity index (χ3n) is 11.7. The van der Waals surface area contributed by atoms with Crippen LogP contribution in [0.2, 0.25) is 0 Å². The molecule has 0 saturated carbocycles. The molecule has 5 aromatic rings. The highest BCUT2D eigenvalue weighted by Crippen LogP contribution is 2.38. The van der Waals surface area contributed by atoms with Gasteiger partial charge in [0.2, 0.25) is 17.7 Å². The maximum Gasteiger partial charge on any atom is 0.269 e. The summed E-state index contributed by atoms with van der Waals surface area (Å²) >= 11 is 0. The molecule has 2 fully saturated rings. The summed E-state index contributed by atoms with van der Waals surface area (Å²) in [4.78, 5) is 93.1. The number of aromatic nitrogens is 4. The van der Waals surface area contributed by atoms with Crippen LogP contribution < -0.4 is 15.4 Å². The minimum Gasteiger partial charge on any atom is -0.493 e. The lowest BCUT2D eigenvalue weighted by Crippen LogP contribution is -2.54. The summed E-state index contributed by atoms with van der Waals surface area (Å²) in [5.74, 6) is -1.16. The van der Waals surface area contributed by atoms with E-state index < -0.39 is 29.7 Å². The first kappa shape index (κ1) is 38.7. The first-order valence-electron chi connectivity index (χ1n) is 20.2. The van der Waals surface area contributed by atoms with Gasteiger partial charge in [-0.15, -0.1) is 0 Å². The average Bonchev–Trinajstić information content (AvgIpc) is 3.77. The van der Waals surface area contributed by atoms with Gasteiger partial charge in [0.15, 0.2) is 0 Å². The molecule has 2 N–H and O–H groups in total. The van der Waals surface area contributed by atoms with E-state index in [2.05, 4.69) is 26.3 Å². The van der Waals surface area contributed by atoms with Crippen molar-refractivity contribution in [3.8, 4) is 28.3 Å². The SMILES string of the molecule is CC(=O)N1CCn2c(C3CCOCC3)nc(-c3cccc4cc(-c5ccc(C(=O)NCCCOc6cccc7c6C(=O)N(C6CCC(=O)NC6=O)C7=O)nc5)ncc34)c2C1. The van der Waals surface area contributed by atoms with Crippen LogP contribution in [-0.4, -0.2) is 104 Å². The van der Waals surface area contributed by atoms with Crippen molar-refractivity contribution in [1.82, 2.24) is 40.0 Å². The summed E-state index contributed by atoms with van der Waals surface area (Å²) in [7, 11) is 0. The third-order valence-corrected chi connectivity index (χ3v) is 11.7. The van der Waals surface area contributed by atoms with E-state index in [0.29, 0.717) is 50.9 Å². The lowest BCUT2D eigenvalue weighted by molar-refractivity contribution is -0.136. The Labute approximate surface area is 344 Å². The summed E-state index contributed by atoms with van der Waals surface area (Å²) in [6.45, 7) is 5.28. The zero-order valence-electron chi connectivity index (χ0n) is 32.9. The molecule has 2 aromatic carbocycles. The zero-order valence-corrected chi connectivity index (χ0v) is 32.9. The van der Waals surface area contributed by atoms with Crippen LogP contribution in [0.5, 0.6) is 5.75 Å². The number of hydrogen-bond acceptors (Lipinski definition) is 11. The Kier molecular flexibility index (Phi) is 10.4. The Bertz CT molecular complexity index is 2580. The van der Waals surface area contributed by atoms with Gasteiger partial charge in [-0.2, -0.15) is 0 Å². The predicted molar refractivity (Wildman–Crippen MR) is 216 cm³/mol. The molecular weight excluding hydrogens is 769 g/mol. The quantitative estimate of drug-likeness (QED) is 0.153. The predicted octanol–water partition coefficient (Wildman–Crippen LogP) is 4.02. The number of rotatable bonds is 10. The van der Waals surface area contributed by atoms with Crippen molar-refractivity contribution < 1.29 is 38.2 Å². The van der Waals surface area contributed by atoms with E-state index in [9.17, 15) is 28.8 Å².